The van der Waals surface area contributed by atoms with E-state index in [2.05, 4.69) is 17.5 Å². The molecule has 4 rings (SSSR count). The molecule has 142 valence electrons. The van der Waals surface area contributed by atoms with Crippen molar-refractivity contribution >= 4 is 45.8 Å². The number of nitrogens with zero attached hydrogens (tertiary/aromatic N) is 1. The van der Waals surface area contributed by atoms with Crippen LogP contribution in [-0.2, 0) is 16.0 Å². The average molecular weight is 392 g/mol. The number of allylic oxidation sites excluding steroid dienone is 1. The van der Waals surface area contributed by atoms with Crippen molar-refractivity contribution in [1.82, 2.24) is 10.3 Å². The molecule has 0 spiro atoms. The van der Waals surface area contributed by atoms with Crippen molar-refractivity contribution in [2.45, 2.75) is 19.8 Å². The number of fused-ring (bicyclic) bond motifs is 2. The molecule has 0 fully saturated rings. The van der Waals surface area contributed by atoms with Crippen LogP contribution >= 0.6 is 11.3 Å². The Bertz CT molecular complexity index is 1070. The zero-order chi connectivity index (χ0) is 19.5. The number of para-hydroxylation sites is 1. The maximum atomic E-state index is 12.9. The van der Waals surface area contributed by atoms with E-state index in [1.807, 2.05) is 42.6 Å². The lowest BCUT2D eigenvalue weighted by atomic mass is 10.0. The van der Waals surface area contributed by atoms with Gasteiger partial charge in [-0.1, -0.05) is 24.3 Å². The van der Waals surface area contributed by atoms with Gasteiger partial charge in [-0.25, -0.2) is 9.78 Å². The number of esters is 1. The minimum absolute atomic E-state index is 0.282. The number of likely N-dealkylation sites (N-methyl/N-ethyl adjacent to an activating group) is 1. The molecule has 1 N–H and O–H groups in total. The Morgan fingerprint density at radius 1 is 1.21 bits per heavy atom. The Morgan fingerprint density at radius 2 is 2.07 bits per heavy atom. The first-order valence-corrected chi connectivity index (χ1v) is 10.1. The molecule has 6 heteroatoms. The number of nitrogens with one attached hydrogen (secondary N) is 1. The van der Waals surface area contributed by atoms with Crippen LogP contribution in [0.2, 0.25) is 0 Å². The van der Waals surface area contributed by atoms with Crippen molar-refractivity contribution in [2.24, 2.45) is 0 Å². The van der Waals surface area contributed by atoms with E-state index in [9.17, 15) is 9.59 Å². The number of aromatic nitrogens is 1. The van der Waals surface area contributed by atoms with Crippen LogP contribution in [0, 0.1) is 0 Å². The van der Waals surface area contributed by atoms with Gasteiger partial charge in [0.2, 0.25) is 0 Å². The molecule has 0 bridgehead atoms. The highest BCUT2D eigenvalue weighted by Crippen LogP contribution is 2.38. The van der Waals surface area contributed by atoms with Gasteiger partial charge in [0.05, 0.1) is 16.8 Å². The van der Waals surface area contributed by atoms with E-state index < -0.39 is 5.97 Å². The number of ether oxygens (including phenoxy) is 1. The molecule has 5 nitrogen and oxygen atoms in total. The Morgan fingerprint density at radius 3 is 2.86 bits per heavy atom. The van der Waals surface area contributed by atoms with E-state index in [1.54, 1.807) is 11.3 Å². The molecule has 1 aliphatic rings. The summed E-state index contributed by atoms with van der Waals surface area (Å²) < 4.78 is 5.32. The molecule has 28 heavy (non-hydrogen) atoms. The fourth-order valence-corrected chi connectivity index (χ4v) is 4.19. The summed E-state index contributed by atoms with van der Waals surface area (Å²) in [5, 5.41) is 5.44. The van der Waals surface area contributed by atoms with Gasteiger partial charge in [-0.2, -0.15) is 0 Å². The van der Waals surface area contributed by atoms with Crippen LogP contribution in [0.3, 0.4) is 0 Å². The molecule has 0 saturated heterocycles. The van der Waals surface area contributed by atoms with Crippen LogP contribution in [0.1, 0.15) is 39.8 Å². The lowest BCUT2D eigenvalue weighted by molar-refractivity contribution is -0.124. The Labute approximate surface area is 167 Å². The van der Waals surface area contributed by atoms with Gasteiger partial charge < -0.3 is 10.1 Å². The molecule has 0 radical (unpaired) electrons. The fraction of sp³-hybridized carbons (Fsp3) is 0.227. The van der Waals surface area contributed by atoms with Gasteiger partial charge in [0.1, 0.15) is 0 Å². The van der Waals surface area contributed by atoms with Crippen molar-refractivity contribution in [1.29, 1.82) is 0 Å². The average Bonchev–Trinajstić information content (AvgIpc) is 3.35. The summed E-state index contributed by atoms with van der Waals surface area (Å²) in [7, 11) is 0. The first kappa shape index (κ1) is 18.4. The highest BCUT2D eigenvalue weighted by Gasteiger charge is 2.27. The summed E-state index contributed by atoms with van der Waals surface area (Å²) in [6.45, 7) is 2.04. The van der Waals surface area contributed by atoms with Crippen molar-refractivity contribution in [3.63, 3.8) is 0 Å². The number of amides is 1. The third-order valence-electron chi connectivity index (χ3n) is 4.71. The second-order valence-corrected chi connectivity index (χ2v) is 7.53. The smallest absolute Gasteiger partial charge is 0.339 e. The number of hydrogen-bond donors (Lipinski definition) is 1. The van der Waals surface area contributed by atoms with Crippen LogP contribution in [0.4, 0.5) is 0 Å². The minimum atomic E-state index is -0.474. The molecule has 3 aromatic rings. The summed E-state index contributed by atoms with van der Waals surface area (Å²) in [5.74, 6) is -0.775. The summed E-state index contributed by atoms with van der Waals surface area (Å²) in [6.07, 6.45) is 3.70. The largest absolute Gasteiger partial charge is 0.452 e. The van der Waals surface area contributed by atoms with E-state index in [-0.39, 0.29) is 12.5 Å². The van der Waals surface area contributed by atoms with E-state index in [0.717, 1.165) is 45.5 Å². The van der Waals surface area contributed by atoms with Gasteiger partial charge in [-0.3, -0.25) is 4.79 Å². The van der Waals surface area contributed by atoms with Crippen LogP contribution in [-0.4, -0.2) is 30.0 Å². The highest BCUT2D eigenvalue weighted by atomic mass is 32.1. The summed E-state index contributed by atoms with van der Waals surface area (Å²) in [5.41, 5.74) is 4.17. The first-order chi connectivity index (χ1) is 13.7. The van der Waals surface area contributed by atoms with Crippen LogP contribution in [0.5, 0.6) is 0 Å². The summed E-state index contributed by atoms with van der Waals surface area (Å²) in [4.78, 5) is 30.6. The summed E-state index contributed by atoms with van der Waals surface area (Å²) >= 11 is 1.67. The molecule has 1 aliphatic carbocycles. The van der Waals surface area contributed by atoms with Gasteiger partial charge in [0.25, 0.3) is 5.91 Å². The first-order valence-electron chi connectivity index (χ1n) is 9.27. The maximum absolute atomic E-state index is 12.9. The van der Waals surface area contributed by atoms with Crippen molar-refractivity contribution in [3.8, 4) is 0 Å². The monoisotopic (exact) mass is 392 g/mol. The molecule has 2 aromatic heterocycles. The Hall–Kier alpha value is -2.99. The molecule has 0 aliphatic heterocycles. The second kappa shape index (κ2) is 7.94. The van der Waals surface area contributed by atoms with Gasteiger partial charge in [-0.15, -0.1) is 11.3 Å². The van der Waals surface area contributed by atoms with E-state index in [0.29, 0.717) is 12.1 Å². The molecule has 1 aromatic carbocycles. The number of rotatable bonds is 5. The third kappa shape index (κ3) is 3.55. The van der Waals surface area contributed by atoms with E-state index in [1.165, 1.54) is 0 Å². The topological polar surface area (TPSA) is 68.3 Å². The van der Waals surface area contributed by atoms with Crippen molar-refractivity contribution in [2.75, 3.05) is 13.2 Å². The second-order valence-electron chi connectivity index (χ2n) is 6.55. The lowest BCUT2D eigenvalue weighted by Gasteiger charge is -2.12. The van der Waals surface area contributed by atoms with Gasteiger partial charge in [0, 0.05) is 16.8 Å². The SMILES string of the molecule is CCNC(=O)COC(=O)c1c2c(nc3ccccc13)/C(=C\c1cccs1)CC2. The Kier molecular flexibility index (Phi) is 5.21. The van der Waals surface area contributed by atoms with Gasteiger partial charge >= 0.3 is 5.97 Å². The van der Waals surface area contributed by atoms with Crippen LogP contribution < -0.4 is 5.32 Å². The minimum Gasteiger partial charge on any atom is -0.452 e. The molecule has 0 unspecified atom stereocenters. The molecule has 0 atom stereocenters. The van der Waals surface area contributed by atoms with E-state index >= 15 is 0 Å². The summed E-state index contributed by atoms with van der Waals surface area (Å²) in [6, 6.07) is 11.7. The number of carbonyl (C=O) groups is 2. The van der Waals surface area contributed by atoms with Crippen LogP contribution in [0.25, 0.3) is 22.6 Å². The van der Waals surface area contributed by atoms with Crippen molar-refractivity contribution in [3.05, 3.63) is 63.5 Å². The predicted octanol–water partition coefficient (Wildman–Crippen LogP) is 4.08. The maximum Gasteiger partial charge on any atom is 0.339 e. The number of thiophene rings is 1. The third-order valence-corrected chi connectivity index (χ3v) is 5.53. The predicted molar refractivity (Wildman–Crippen MR) is 111 cm³/mol. The number of hydrogen-bond acceptors (Lipinski definition) is 5. The molecule has 1 amide bonds. The molecular formula is C22H20N2O3S. The molecule has 0 saturated carbocycles. The standard InChI is InChI=1S/C22H20N2O3S/c1-2-23-19(25)13-27-22(26)20-16-7-3-4-8-18(16)24-21-14(9-10-17(20)21)12-15-6-5-11-28-15/h3-8,11-12H,2,9-10,13H2,1H3,(H,23,25)/b14-12-. The van der Waals surface area contributed by atoms with Crippen molar-refractivity contribution < 1.29 is 14.3 Å². The van der Waals surface area contributed by atoms with Gasteiger partial charge in [0.15, 0.2) is 6.61 Å². The molecular weight excluding hydrogens is 372 g/mol. The van der Waals surface area contributed by atoms with Gasteiger partial charge in [-0.05, 0) is 54.5 Å². The number of benzene rings is 1. The Balaban J connectivity index is 1.76. The normalized spacial score (nSPS) is 14.2. The fourth-order valence-electron chi connectivity index (χ4n) is 3.51. The highest BCUT2D eigenvalue weighted by molar-refractivity contribution is 7.10. The molecule has 2 heterocycles. The number of pyridine rings is 1. The van der Waals surface area contributed by atoms with E-state index in [4.69, 9.17) is 9.72 Å². The zero-order valence-corrected chi connectivity index (χ0v) is 16.3. The number of carbonyl (C=O) groups excluding carboxylic acids is 2. The van der Waals surface area contributed by atoms with Crippen LogP contribution in [0.15, 0.2) is 41.8 Å². The lowest BCUT2D eigenvalue weighted by Crippen LogP contribution is -2.28. The quantitative estimate of drug-likeness (QED) is 0.665. The zero-order valence-electron chi connectivity index (χ0n) is 15.5.